The quantitative estimate of drug-likeness (QED) is 0.867. The number of carbonyl (C=O) groups excluding carboxylic acids is 1. The van der Waals surface area contributed by atoms with Crippen molar-refractivity contribution in [2.24, 2.45) is 5.92 Å². The fourth-order valence-corrected chi connectivity index (χ4v) is 3.44. The third kappa shape index (κ3) is 4.80. The molecule has 6 heteroatoms. The highest BCUT2D eigenvalue weighted by molar-refractivity contribution is 5.93. The van der Waals surface area contributed by atoms with Gasteiger partial charge in [-0.05, 0) is 42.9 Å². The van der Waals surface area contributed by atoms with Crippen molar-refractivity contribution in [3.63, 3.8) is 0 Å². The summed E-state index contributed by atoms with van der Waals surface area (Å²) in [6.07, 6.45) is 1.80. The fraction of sp³-hybridized carbons (Fsp3) is 0.500. The molecule has 1 aromatic carbocycles. The molecule has 1 saturated heterocycles. The van der Waals surface area contributed by atoms with E-state index in [0.29, 0.717) is 18.4 Å². The van der Waals surface area contributed by atoms with Crippen LogP contribution in [-0.4, -0.2) is 36.1 Å². The molecule has 1 atom stereocenters. The molecule has 150 valence electrons. The number of aryl methyl sites for hydroxylation is 1. The van der Waals surface area contributed by atoms with E-state index in [-0.39, 0.29) is 17.2 Å². The number of rotatable bonds is 4. The first-order valence-corrected chi connectivity index (χ1v) is 9.82. The number of methoxy groups -OCH3 is 1. The van der Waals surface area contributed by atoms with Crippen LogP contribution in [0.2, 0.25) is 0 Å². The van der Waals surface area contributed by atoms with Gasteiger partial charge in [-0.1, -0.05) is 32.9 Å². The molecule has 1 aliphatic heterocycles. The predicted octanol–water partition coefficient (Wildman–Crippen LogP) is 3.95. The SMILES string of the molecule is COc1cc(C)nc(N2CCC[C@H](C(=O)Nc3ccc(C(C)(C)C)cc3)C2)n1. The van der Waals surface area contributed by atoms with Gasteiger partial charge < -0.3 is 15.0 Å². The Kier molecular flexibility index (Phi) is 5.87. The Morgan fingerprint density at radius 1 is 1.21 bits per heavy atom. The molecule has 2 aromatic rings. The van der Waals surface area contributed by atoms with Crippen molar-refractivity contribution in [2.45, 2.75) is 46.0 Å². The molecular formula is C22H30N4O2. The highest BCUT2D eigenvalue weighted by atomic mass is 16.5. The number of hydrogen-bond donors (Lipinski definition) is 1. The Morgan fingerprint density at radius 3 is 2.57 bits per heavy atom. The number of nitrogens with one attached hydrogen (secondary N) is 1. The topological polar surface area (TPSA) is 67.3 Å². The smallest absolute Gasteiger partial charge is 0.229 e. The number of benzene rings is 1. The fourth-order valence-electron chi connectivity index (χ4n) is 3.44. The largest absolute Gasteiger partial charge is 0.481 e. The van der Waals surface area contributed by atoms with Gasteiger partial charge >= 0.3 is 0 Å². The second-order valence-corrected chi connectivity index (χ2v) is 8.45. The molecule has 0 spiro atoms. The summed E-state index contributed by atoms with van der Waals surface area (Å²) in [5, 5.41) is 3.07. The number of hydrogen-bond acceptors (Lipinski definition) is 5. The van der Waals surface area contributed by atoms with Crippen LogP contribution >= 0.6 is 0 Å². The van der Waals surface area contributed by atoms with E-state index in [1.165, 1.54) is 5.56 Å². The maximum atomic E-state index is 12.8. The third-order valence-electron chi connectivity index (χ3n) is 5.12. The van der Waals surface area contributed by atoms with Crippen LogP contribution in [0.4, 0.5) is 11.6 Å². The summed E-state index contributed by atoms with van der Waals surface area (Å²) in [6.45, 7) is 9.91. The molecule has 1 aliphatic rings. The van der Waals surface area contributed by atoms with Gasteiger partial charge in [0.25, 0.3) is 0 Å². The normalized spacial score (nSPS) is 17.3. The van der Waals surface area contributed by atoms with Gasteiger partial charge in [0.2, 0.25) is 17.7 Å². The van der Waals surface area contributed by atoms with Crippen molar-refractivity contribution in [1.82, 2.24) is 9.97 Å². The molecule has 28 heavy (non-hydrogen) atoms. The van der Waals surface area contributed by atoms with Gasteiger partial charge in [0.1, 0.15) is 0 Å². The lowest BCUT2D eigenvalue weighted by molar-refractivity contribution is -0.120. The second-order valence-electron chi connectivity index (χ2n) is 8.45. The lowest BCUT2D eigenvalue weighted by Crippen LogP contribution is -2.41. The predicted molar refractivity (Wildman–Crippen MR) is 112 cm³/mol. The molecule has 6 nitrogen and oxygen atoms in total. The van der Waals surface area contributed by atoms with E-state index >= 15 is 0 Å². The molecule has 0 radical (unpaired) electrons. The molecule has 0 bridgehead atoms. The molecule has 1 N–H and O–H groups in total. The first-order chi connectivity index (χ1) is 13.3. The number of ether oxygens (including phenoxy) is 1. The summed E-state index contributed by atoms with van der Waals surface area (Å²) >= 11 is 0. The van der Waals surface area contributed by atoms with Crippen molar-refractivity contribution in [1.29, 1.82) is 0 Å². The number of anilines is 2. The summed E-state index contributed by atoms with van der Waals surface area (Å²) in [5.74, 6) is 1.14. The zero-order valence-electron chi connectivity index (χ0n) is 17.5. The lowest BCUT2D eigenvalue weighted by Gasteiger charge is -2.32. The molecule has 3 rings (SSSR count). The number of amides is 1. The summed E-state index contributed by atoms with van der Waals surface area (Å²) < 4.78 is 5.26. The van der Waals surface area contributed by atoms with Gasteiger partial charge in [0.05, 0.1) is 13.0 Å². The molecule has 1 amide bonds. The minimum Gasteiger partial charge on any atom is -0.481 e. The van der Waals surface area contributed by atoms with Crippen LogP contribution in [0.1, 0.15) is 44.9 Å². The standard InChI is InChI=1S/C22H30N4O2/c1-15-13-19(28-5)25-21(23-15)26-12-6-7-16(14-26)20(27)24-18-10-8-17(9-11-18)22(2,3)4/h8-11,13,16H,6-7,12,14H2,1-5H3,(H,24,27)/t16-/m0/s1. The average Bonchev–Trinajstić information content (AvgIpc) is 2.67. The summed E-state index contributed by atoms with van der Waals surface area (Å²) in [5.41, 5.74) is 3.04. The van der Waals surface area contributed by atoms with E-state index in [4.69, 9.17) is 4.74 Å². The van der Waals surface area contributed by atoms with Crippen molar-refractivity contribution < 1.29 is 9.53 Å². The van der Waals surface area contributed by atoms with Gasteiger partial charge in [-0.15, -0.1) is 0 Å². The minimum absolute atomic E-state index is 0.0489. The Bertz CT molecular complexity index is 827. The Labute approximate surface area is 167 Å². The van der Waals surface area contributed by atoms with Crippen molar-refractivity contribution in [3.8, 4) is 5.88 Å². The van der Waals surface area contributed by atoms with Crippen molar-refractivity contribution >= 4 is 17.5 Å². The maximum absolute atomic E-state index is 12.8. The summed E-state index contributed by atoms with van der Waals surface area (Å²) in [7, 11) is 1.60. The van der Waals surface area contributed by atoms with E-state index in [1.807, 2.05) is 19.1 Å². The van der Waals surface area contributed by atoms with Crippen LogP contribution < -0.4 is 15.0 Å². The van der Waals surface area contributed by atoms with Crippen LogP contribution in [0.25, 0.3) is 0 Å². The first-order valence-electron chi connectivity index (χ1n) is 9.82. The molecule has 1 fully saturated rings. The van der Waals surface area contributed by atoms with Gasteiger partial charge in [-0.2, -0.15) is 4.98 Å². The van der Waals surface area contributed by atoms with E-state index in [1.54, 1.807) is 13.2 Å². The van der Waals surface area contributed by atoms with Crippen LogP contribution in [-0.2, 0) is 10.2 Å². The molecule has 2 heterocycles. The zero-order valence-corrected chi connectivity index (χ0v) is 17.5. The van der Waals surface area contributed by atoms with Crippen LogP contribution in [0.3, 0.4) is 0 Å². The molecule has 1 aromatic heterocycles. The van der Waals surface area contributed by atoms with Gasteiger partial charge in [-0.3, -0.25) is 4.79 Å². The van der Waals surface area contributed by atoms with Crippen LogP contribution in [0, 0.1) is 12.8 Å². The maximum Gasteiger partial charge on any atom is 0.229 e. The number of nitrogens with zero attached hydrogens (tertiary/aromatic N) is 3. The highest BCUT2D eigenvalue weighted by Gasteiger charge is 2.27. The minimum atomic E-state index is -0.0915. The zero-order chi connectivity index (χ0) is 20.3. The van der Waals surface area contributed by atoms with E-state index in [9.17, 15) is 4.79 Å². The van der Waals surface area contributed by atoms with Gasteiger partial charge in [0.15, 0.2) is 0 Å². The Morgan fingerprint density at radius 2 is 1.93 bits per heavy atom. The molecule has 0 unspecified atom stereocenters. The third-order valence-corrected chi connectivity index (χ3v) is 5.12. The highest BCUT2D eigenvalue weighted by Crippen LogP contribution is 2.26. The number of piperidine rings is 1. The monoisotopic (exact) mass is 382 g/mol. The first kappa shape index (κ1) is 20.1. The van der Waals surface area contributed by atoms with Gasteiger partial charge in [0, 0.05) is 30.5 Å². The van der Waals surface area contributed by atoms with E-state index < -0.39 is 0 Å². The van der Waals surface area contributed by atoms with Gasteiger partial charge in [-0.25, -0.2) is 4.98 Å². The van der Waals surface area contributed by atoms with E-state index in [2.05, 4.69) is 53.1 Å². The second kappa shape index (κ2) is 8.17. The van der Waals surface area contributed by atoms with Crippen molar-refractivity contribution in [2.75, 3.05) is 30.4 Å². The Balaban J connectivity index is 1.67. The van der Waals surface area contributed by atoms with Crippen LogP contribution in [0.15, 0.2) is 30.3 Å². The van der Waals surface area contributed by atoms with Crippen molar-refractivity contribution in [3.05, 3.63) is 41.6 Å². The molecule has 0 saturated carbocycles. The Hall–Kier alpha value is -2.63. The molecular weight excluding hydrogens is 352 g/mol. The lowest BCUT2D eigenvalue weighted by atomic mass is 9.87. The summed E-state index contributed by atoms with van der Waals surface area (Å²) in [6, 6.07) is 9.92. The summed E-state index contributed by atoms with van der Waals surface area (Å²) in [4.78, 5) is 23.9. The van der Waals surface area contributed by atoms with Crippen LogP contribution in [0.5, 0.6) is 5.88 Å². The van der Waals surface area contributed by atoms with E-state index in [0.717, 1.165) is 30.8 Å². The number of aromatic nitrogens is 2. The average molecular weight is 383 g/mol. The molecule has 0 aliphatic carbocycles. The number of carbonyl (C=O) groups is 1.